The summed E-state index contributed by atoms with van der Waals surface area (Å²) in [7, 11) is 4.29. The van der Waals surface area contributed by atoms with Gasteiger partial charge in [-0.15, -0.1) is 0 Å². The fourth-order valence-corrected chi connectivity index (χ4v) is 6.46. The van der Waals surface area contributed by atoms with E-state index in [-0.39, 0.29) is 12.8 Å². The molecule has 0 radical (unpaired) electrons. The van der Waals surface area contributed by atoms with Gasteiger partial charge in [0.25, 0.3) is 0 Å². The number of allylic oxidation sites excluding steroid dienone is 2. The van der Waals surface area contributed by atoms with Gasteiger partial charge in [-0.25, -0.2) is 0 Å². The van der Waals surface area contributed by atoms with Crippen molar-refractivity contribution in [2.24, 2.45) is 34.5 Å². The second kappa shape index (κ2) is 8.48. The highest BCUT2D eigenvalue weighted by Crippen LogP contribution is 2.74. The molecule has 0 amide bonds. The molecule has 0 aromatic carbocycles. The van der Waals surface area contributed by atoms with Crippen molar-refractivity contribution >= 4 is 35.4 Å². The Hall–Kier alpha value is -3.04. The Balaban J connectivity index is 2.49. The third kappa shape index (κ3) is 2.77. The molecule has 0 aliphatic heterocycles. The molecule has 0 aromatic heterocycles. The monoisotopic (exact) mass is 450 g/mol. The molecule has 2 unspecified atom stereocenters. The Kier molecular flexibility index (Phi) is 6.26. The third-order valence-electron chi connectivity index (χ3n) is 7.43. The minimum Gasteiger partial charge on any atom is -0.468 e. The zero-order valence-corrected chi connectivity index (χ0v) is 18.4. The number of carbonyl (C=O) groups is 6. The first-order valence-electron chi connectivity index (χ1n) is 10.2. The number of carbonyl (C=O) groups excluding carboxylic acids is 6. The summed E-state index contributed by atoms with van der Waals surface area (Å²) in [5.41, 5.74) is -3.44. The van der Waals surface area contributed by atoms with E-state index in [4.69, 9.17) is 18.9 Å². The summed E-state index contributed by atoms with van der Waals surface area (Å²) in [6.45, 7) is 0. The number of methoxy groups -OCH3 is 4. The first-order chi connectivity index (χ1) is 15.2. The van der Waals surface area contributed by atoms with Crippen LogP contribution in [-0.4, -0.2) is 63.9 Å². The first-order valence-corrected chi connectivity index (χ1v) is 10.2. The molecule has 3 aliphatic rings. The van der Waals surface area contributed by atoms with Gasteiger partial charge >= 0.3 is 23.9 Å². The summed E-state index contributed by atoms with van der Waals surface area (Å²) in [5, 5.41) is 0. The molecule has 10 heteroatoms. The maximum atomic E-state index is 13.7. The molecule has 0 spiro atoms. The van der Waals surface area contributed by atoms with Crippen LogP contribution in [0.15, 0.2) is 12.2 Å². The number of hydrogen-bond donors (Lipinski definition) is 0. The summed E-state index contributed by atoms with van der Waals surface area (Å²) in [5.74, 6) is -12.1. The number of ether oxygens (including phenoxy) is 4. The van der Waals surface area contributed by atoms with Crippen molar-refractivity contribution in [1.29, 1.82) is 0 Å². The molecule has 10 nitrogen and oxygen atoms in total. The Morgan fingerprint density at radius 1 is 0.625 bits per heavy atom. The lowest BCUT2D eigenvalue weighted by molar-refractivity contribution is -0.170. The lowest BCUT2D eigenvalue weighted by atomic mass is 9.53. The Morgan fingerprint density at radius 3 is 1.09 bits per heavy atom. The summed E-state index contributed by atoms with van der Waals surface area (Å²) in [6.07, 6.45) is 4.22. The second-order valence-electron chi connectivity index (χ2n) is 8.26. The molecule has 6 atom stereocenters. The van der Waals surface area contributed by atoms with E-state index in [0.717, 1.165) is 28.4 Å². The SMILES string of the molecule is COC(=O)[C@@H]1C(=O)[C@H](C(=O)OC)C23CC/C=C\CCC12[C@@H](C(=O)OC)C(=O)[C@H]3C(=O)OC. The van der Waals surface area contributed by atoms with Crippen LogP contribution in [0.25, 0.3) is 0 Å². The van der Waals surface area contributed by atoms with Crippen LogP contribution in [0, 0.1) is 34.5 Å². The van der Waals surface area contributed by atoms with E-state index < -0.39 is 69.9 Å². The van der Waals surface area contributed by atoms with Gasteiger partial charge in [-0.2, -0.15) is 0 Å². The van der Waals surface area contributed by atoms with Gasteiger partial charge in [0.2, 0.25) is 0 Å². The Labute approximate surface area is 184 Å². The van der Waals surface area contributed by atoms with Crippen LogP contribution in [-0.2, 0) is 47.7 Å². The second-order valence-corrected chi connectivity index (χ2v) is 8.26. The van der Waals surface area contributed by atoms with Gasteiger partial charge in [-0.3, -0.25) is 28.8 Å². The zero-order valence-electron chi connectivity index (χ0n) is 18.4. The highest BCUT2D eigenvalue weighted by atomic mass is 16.5. The predicted octanol–water partition coefficient (Wildman–Crippen LogP) is 0.412. The van der Waals surface area contributed by atoms with Crippen molar-refractivity contribution < 1.29 is 47.7 Å². The van der Waals surface area contributed by atoms with E-state index in [2.05, 4.69) is 0 Å². The van der Waals surface area contributed by atoms with Crippen LogP contribution < -0.4 is 0 Å². The molecule has 3 rings (SSSR count). The van der Waals surface area contributed by atoms with Crippen LogP contribution in [0.2, 0.25) is 0 Å². The molecule has 0 aromatic rings. The molecule has 2 fully saturated rings. The minimum absolute atomic E-state index is 0.00149. The predicted molar refractivity (Wildman–Crippen MR) is 105 cm³/mol. The van der Waals surface area contributed by atoms with Crippen LogP contribution >= 0.6 is 0 Å². The molecule has 0 heterocycles. The maximum absolute atomic E-state index is 13.7. The topological polar surface area (TPSA) is 139 Å². The normalized spacial score (nSPS) is 36.8. The van der Waals surface area contributed by atoms with Crippen molar-refractivity contribution in [2.45, 2.75) is 25.7 Å². The van der Waals surface area contributed by atoms with Gasteiger partial charge in [0.1, 0.15) is 23.7 Å². The lowest BCUT2D eigenvalue weighted by Gasteiger charge is -2.47. The molecule has 2 saturated carbocycles. The van der Waals surface area contributed by atoms with Crippen molar-refractivity contribution in [3.63, 3.8) is 0 Å². The van der Waals surface area contributed by atoms with E-state index in [1.165, 1.54) is 0 Å². The van der Waals surface area contributed by atoms with Crippen LogP contribution in [0.3, 0.4) is 0 Å². The quantitative estimate of drug-likeness (QED) is 0.256. The highest BCUT2D eigenvalue weighted by Gasteiger charge is 2.85. The molecular weight excluding hydrogens is 424 g/mol. The zero-order chi connectivity index (χ0) is 23.8. The molecule has 0 bridgehead atoms. The van der Waals surface area contributed by atoms with E-state index in [1.54, 1.807) is 0 Å². The Morgan fingerprint density at radius 2 is 0.875 bits per heavy atom. The van der Waals surface area contributed by atoms with Crippen LogP contribution in [0.5, 0.6) is 0 Å². The molecule has 0 N–H and O–H groups in total. The average molecular weight is 450 g/mol. The summed E-state index contributed by atoms with van der Waals surface area (Å²) >= 11 is 0. The largest absolute Gasteiger partial charge is 0.468 e. The van der Waals surface area contributed by atoms with Crippen molar-refractivity contribution in [1.82, 2.24) is 0 Å². The molecule has 174 valence electrons. The molecule has 3 aliphatic carbocycles. The first kappa shape index (κ1) is 23.6. The maximum Gasteiger partial charge on any atom is 0.316 e. The van der Waals surface area contributed by atoms with Gasteiger partial charge in [0.05, 0.1) is 28.4 Å². The van der Waals surface area contributed by atoms with Crippen LogP contribution in [0.1, 0.15) is 25.7 Å². The standard InChI is InChI=1S/C22H26O10/c1-29-17(25)11-15(23)12(18(26)30-2)22-10-8-6-5-7-9-21(11,22)13(19(27)31-3)16(24)14(22)20(28)32-4/h5-6,11-14H,7-10H2,1-4H3/b6-5-/t11-,12+,13+,14-,21?,22?. The highest BCUT2D eigenvalue weighted by molar-refractivity contribution is 6.20. The van der Waals surface area contributed by atoms with Crippen LogP contribution in [0.4, 0.5) is 0 Å². The number of hydrogen-bond acceptors (Lipinski definition) is 10. The molecular formula is C22H26O10. The van der Waals surface area contributed by atoms with Crippen molar-refractivity contribution in [3.05, 3.63) is 12.2 Å². The number of Topliss-reactive ketones (excluding diaryl/α,β-unsaturated/α-hetero) is 2. The van der Waals surface area contributed by atoms with Gasteiger partial charge in [0, 0.05) is 10.8 Å². The summed E-state index contributed by atoms with van der Waals surface area (Å²) in [4.78, 5) is 79.3. The third-order valence-corrected chi connectivity index (χ3v) is 7.43. The van der Waals surface area contributed by atoms with Gasteiger partial charge in [-0.1, -0.05) is 12.2 Å². The summed E-state index contributed by atoms with van der Waals surface area (Å²) in [6, 6.07) is 0. The van der Waals surface area contributed by atoms with Crippen molar-refractivity contribution in [3.8, 4) is 0 Å². The summed E-state index contributed by atoms with van der Waals surface area (Å²) < 4.78 is 19.6. The van der Waals surface area contributed by atoms with Gasteiger partial charge < -0.3 is 18.9 Å². The van der Waals surface area contributed by atoms with Gasteiger partial charge in [0.15, 0.2) is 11.6 Å². The fraction of sp³-hybridized carbons (Fsp3) is 0.636. The number of ketones is 2. The smallest absolute Gasteiger partial charge is 0.316 e. The van der Waals surface area contributed by atoms with E-state index >= 15 is 0 Å². The van der Waals surface area contributed by atoms with Crippen molar-refractivity contribution in [2.75, 3.05) is 28.4 Å². The van der Waals surface area contributed by atoms with E-state index in [0.29, 0.717) is 12.8 Å². The Bertz CT molecular complexity index is 776. The van der Waals surface area contributed by atoms with E-state index in [1.807, 2.05) is 12.2 Å². The van der Waals surface area contributed by atoms with Gasteiger partial charge in [-0.05, 0) is 25.7 Å². The molecule has 32 heavy (non-hydrogen) atoms. The molecule has 0 saturated heterocycles. The number of rotatable bonds is 4. The lowest BCUT2D eigenvalue weighted by Crippen LogP contribution is -2.52. The van der Waals surface area contributed by atoms with E-state index in [9.17, 15) is 28.8 Å². The fourth-order valence-electron chi connectivity index (χ4n) is 6.46. The average Bonchev–Trinajstić information content (AvgIpc) is 3.09. The minimum atomic E-state index is -1.72. The number of esters is 4.